The van der Waals surface area contributed by atoms with E-state index in [0.717, 1.165) is 30.4 Å². The molecule has 1 saturated carbocycles. The van der Waals surface area contributed by atoms with Crippen molar-refractivity contribution in [2.75, 3.05) is 5.32 Å². The van der Waals surface area contributed by atoms with Crippen LogP contribution >= 0.6 is 0 Å². The normalized spacial score (nSPS) is 35.3. The topological polar surface area (TPSA) is 29.1 Å². The van der Waals surface area contributed by atoms with Gasteiger partial charge in [-0.1, -0.05) is 63.5 Å². The Morgan fingerprint density at radius 2 is 1.82 bits per heavy atom. The summed E-state index contributed by atoms with van der Waals surface area (Å²) in [5, 5.41) is 3.24. The number of benzene rings is 1. The zero-order chi connectivity index (χ0) is 19.9. The van der Waals surface area contributed by atoms with Crippen molar-refractivity contribution in [2.24, 2.45) is 28.6 Å². The number of carbonyl (C=O) groups is 1. The number of amides is 1. The summed E-state index contributed by atoms with van der Waals surface area (Å²) in [7, 11) is 0. The molecule has 0 bridgehead atoms. The summed E-state index contributed by atoms with van der Waals surface area (Å²) in [6.07, 6.45) is 9.75. The molecule has 1 aromatic rings. The smallest absolute Gasteiger partial charge is 0.230 e. The number of hydrogen-bond acceptors (Lipinski definition) is 1. The second kappa shape index (κ2) is 7.35. The number of hydrogen-bond donors (Lipinski definition) is 1. The largest absolute Gasteiger partial charge is 0.326 e. The van der Waals surface area contributed by atoms with Crippen molar-refractivity contribution in [1.29, 1.82) is 0 Å². The lowest BCUT2D eigenvalue weighted by molar-refractivity contribution is -0.135. The van der Waals surface area contributed by atoms with Crippen molar-refractivity contribution >= 4 is 11.6 Å². The summed E-state index contributed by atoms with van der Waals surface area (Å²) in [6, 6.07) is 9.98. The molecule has 1 N–H and O–H groups in total. The fourth-order valence-electron chi connectivity index (χ4n) is 6.82. The monoisotopic (exact) mass is 379 g/mol. The number of anilines is 1. The minimum absolute atomic E-state index is 0.219. The molecule has 1 amide bonds. The number of carbonyl (C=O) groups excluding carboxylic acids is 1. The number of fused-ring (bicyclic) bond motifs is 2. The Kier molecular flexibility index (Phi) is 5.18. The summed E-state index contributed by atoms with van der Waals surface area (Å²) in [5.41, 5.74) is 4.39. The molecule has 3 aliphatic rings. The van der Waals surface area contributed by atoms with Crippen LogP contribution in [0.25, 0.3) is 0 Å². The van der Waals surface area contributed by atoms with Crippen molar-refractivity contribution in [2.45, 2.75) is 79.1 Å². The molecule has 4 atom stereocenters. The van der Waals surface area contributed by atoms with Crippen molar-refractivity contribution in [1.82, 2.24) is 0 Å². The lowest BCUT2D eigenvalue weighted by Gasteiger charge is -2.56. The molecule has 0 radical (unpaired) electrons. The lowest BCUT2D eigenvalue weighted by atomic mass is 9.48. The summed E-state index contributed by atoms with van der Waals surface area (Å²) in [5.74, 6) is 2.34. The summed E-state index contributed by atoms with van der Waals surface area (Å²) >= 11 is 0. The van der Waals surface area contributed by atoms with Gasteiger partial charge < -0.3 is 5.32 Å². The third-order valence-electron chi connectivity index (χ3n) is 8.55. The lowest BCUT2D eigenvalue weighted by Crippen LogP contribution is -2.52. The molecule has 152 valence electrons. The number of para-hydroxylation sites is 1. The van der Waals surface area contributed by atoms with Crippen LogP contribution in [0.2, 0.25) is 0 Å². The second-order valence-electron chi connectivity index (χ2n) is 10.4. The summed E-state index contributed by atoms with van der Waals surface area (Å²) < 4.78 is 0. The fraction of sp³-hybridized carbons (Fsp3) is 0.654. The standard InChI is InChI=1S/C26H37NO/c1-18(2)19-11-13-22-20(17-19)12-14-23-25(22,3)15-8-16-26(23,4)24(28)27-21-9-6-5-7-10-21/h5-7,9-10,18-19,23H,8,11-17H2,1-4H3,(H,27,28)/t19-,23-,25-,26-/m1/s1. The van der Waals surface area contributed by atoms with Crippen LogP contribution in [0.1, 0.15) is 79.1 Å². The van der Waals surface area contributed by atoms with Crippen LogP contribution in [-0.2, 0) is 4.79 Å². The van der Waals surface area contributed by atoms with Gasteiger partial charge in [-0.3, -0.25) is 4.79 Å². The van der Waals surface area contributed by atoms with Gasteiger partial charge in [0.15, 0.2) is 0 Å². The van der Waals surface area contributed by atoms with Gasteiger partial charge in [0.2, 0.25) is 5.91 Å². The molecule has 1 aromatic carbocycles. The van der Waals surface area contributed by atoms with E-state index >= 15 is 0 Å². The number of rotatable bonds is 3. The van der Waals surface area contributed by atoms with E-state index in [2.05, 4.69) is 33.0 Å². The molecule has 0 heterocycles. The third-order valence-corrected chi connectivity index (χ3v) is 8.55. The first kappa shape index (κ1) is 19.7. The van der Waals surface area contributed by atoms with Crippen molar-refractivity contribution < 1.29 is 4.79 Å². The average Bonchev–Trinajstić information content (AvgIpc) is 2.68. The van der Waals surface area contributed by atoms with Crippen molar-refractivity contribution in [3.8, 4) is 0 Å². The van der Waals surface area contributed by atoms with Crippen LogP contribution in [0, 0.1) is 28.6 Å². The molecule has 2 heteroatoms. The predicted octanol–water partition coefficient (Wildman–Crippen LogP) is 6.98. The highest BCUT2D eigenvalue weighted by Gasteiger charge is 2.55. The van der Waals surface area contributed by atoms with Crippen LogP contribution in [0.4, 0.5) is 5.69 Å². The van der Waals surface area contributed by atoms with E-state index in [-0.39, 0.29) is 16.7 Å². The van der Waals surface area contributed by atoms with Gasteiger partial charge in [-0.25, -0.2) is 0 Å². The molecule has 0 aliphatic heterocycles. The number of allylic oxidation sites excluding steroid dienone is 2. The van der Waals surface area contributed by atoms with Gasteiger partial charge in [0, 0.05) is 5.69 Å². The zero-order valence-corrected chi connectivity index (χ0v) is 18.2. The Hall–Kier alpha value is -1.57. The van der Waals surface area contributed by atoms with Crippen molar-refractivity contribution in [3.05, 3.63) is 41.5 Å². The maximum atomic E-state index is 13.5. The molecule has 3 aliphatic carbocycles. The Morgan fingerprint density at radius 1 is 1.07 bits per heavy atom. The van der Waals surface area contributed by atoms with E-state index in [4.69, 9.17) is 0 Å². The van der Waals surface area contributed by atoms with Crippen LogP contribution < -0.4 is 5.32 Å². The maximum Gasteiger partial charge on any atom is 0.230 e. The fourth-order valence-corrected chi connectivity index (χ4v) is 6.82. The van der Waals surface area contributed by atoms with E-state index < -0.39 is 0 Å². The highest BCUT2D eigenvalue weighted by molar-refractivity contribution is 5.95. The molecule has 2 nitrogen and oxygen atoms in total. The van der Waals surface area contributed by atoms with Gasteiger partial charge in [-0.05, 0) is 80.2 Å². The molecule has 0 spiro atoms. The Morgan fingerprint density at radius 3 is 2.54 bits per heavy atom. The average molecular weight is 380 g/mol. The maximum absolute atomic E-state index is 13.5. The minimum Gasteiger partial charge on any atom is -0.326 e. The molecule has 28 heavy (non-hydrogen) atoms. The van der Waals surface area contributed by atoms with Crippen LogP contribution in [0.3, 0.4) is 0 Å². The van der Waals surface area contributed by atoms with Gasteiger partial charge in [0.05, 0.1) is 5.41 Å². The summed E-state index contributed by atoms with van der Waals surface area (Å²) in [4.78, 5) is 13.5. The zero-order valence-electron chi connectivity index (χ0n) is 18.2. The molecule has 1 fully saturated rings. The minimum atomic E-state index is -0.268. The molecule has 0 unspecified atom stereocenters. The van der Waals surface area contributed by atoms with E-state index in [9.17, 15) is 4.79 Å². The molecule has 0 aromatic heterocycles. The quantitative estimate of drug-likeness (QED) is 0.564. The Bertz CT molecular complexity index is 764. The molecule has 4 rings (SSSR count). The van der Waals surface area contributed by atoms with Gasteiger partial charge in [-0.2, -0.15) is 0 Å². The SMILES string of the molecule is CC(C)[C@@H]1CCC2=C(CC[C@H]3[C@](C)(C(=O)Nc4ccccc4)CCC[C@]23C)C1. The first-order chi connectivity index (χ1) is 13.3. The van der Waals surface area contributed by atoms with E-state index in [0.29, 0.717) is 5.92 Å². The van der Waals surface area contributed by atoms with Gasteiger partial charge in [-0.15, -0.1) is 0 Å². The van der Waals surface area contributed by atoms with Gasteiger partial charge >= 0.3 is 0 Å². The van der Waals surface area contributed by atoms with E-state index in [1.54, 1.807) is 11.1 Å². The van der Waals surface area contributed by atoms with Crippen LogP contribution in [0.5, 0.6) is 0 Å². The highest BCUT2D eigenvalue weighted by Crippen LogP contribution is 2.62. The number of nitrogens with one attached hydrogen (secondary N) is 1. The first-order valence-corrected chi connectivity index (χ1v) is 11.4. The summed E-state index contributed by atoms with van der Waals surface area (Å²) in [6.45, 7) is 9.51. The van der Waals surface area contributed by atoms with E-state index in [1.165, 1.54) is 38.5 Å². The van der Waals surface area contributed by atoms with Crippen molar-refractivity contribution in [3.63, 3.8) is 0 Å². The Labute approximate surface area is 171 Å². The second-order valence-corrected chi connectivity index (χ2v) is 10.4. The third kappa shape index (κ3) is 3.23. The van der Waals surface area contributed by atoms with Gasteiger partial charge in [0.1, 0.15) is 0 Å². The Balaban J connectivity index is 1.61. The predicted molar refractivity (Wildman–Crippen MR) is 117 cm³/mol. The highest BCUT2D eigenvalue weighted by atomic mass is 16.2. The first-order valence-electron chi connectivity index (χ1n) is 11.4. The molecule has 0 saturated heterocycles. The molecular weight excluding hydrogens is 342 g/mol. The van der Waals surface area contributed by atoms with Gasteiger partial charge in [0.25, 0.3) is 0 Å². The van der Waals surface area contributed by atoms with Crippen LogP contribution in [0.15, 0.2) is 41.5 Å². The van der Waals surface area contributed by atoms with Crippen LogP contribution in [-0.4, -0.2) is 5.91 Å². The molecular formula is C26H37NO. The van der Waals surface area contributed by atoms with E-state index in [1.807, 2.05) is 30.3 Å².